The second-order valence-electron chi connectivity index (χ2n) is 4.96. The summed E-state index contributed by atoms with van der Waals surface area (Å²) in [4.78, 5) is 15.2. The Kier molecular flexibility index (Phi) is 5.11. The summed E-state index contributed by atoms with van der Waals surface area (Å²) in [5, 5.41) is 6.13. The van der Waals surface area contributed by atoms with Crippen molar-refractivity contribution in [3.05, 3.63) is 48.0 Å². The van der Waals surface area contributed by atoms with Crippen molar-refractivity contribution in [3.8, 4) is 11.1 Å². The number of carbonyl (C=O) groups excluding carboxylic acids is 1. The Morgan fingerprint density at radius 3 is 2.67 bits per heavy atom. The van der Waals surface area contributed by atoms with Gasteiger partial charge in [-0.05, 0) is 31.2 Å². The van der Waals surface area contributed by atoms with Crippen LogP contribution in [0.4, 0.5) is 4.39 Å². The first-order chi connectivity index (χ1) is 10.1. The van der Waals surface area contributed by atoms with Crippen molar-refractivity contribution < 1.29 is 9.18 Å². The fourth-order valence-corrected chi connectivity index (χ4v) is 2.18. The van der Waals surface area contributed by atoms with Crippen LogP contribution >= 0.6 is 0 Å². The maximum Gasteiger partial charge on any atom is 0.253 e. The molecular weight excluding hydrogens is 269 g/mol. The van der Waals surface area contributed by atoms with Gasteiger partial charge in [0, 0.05) is 30.5 Å². The minimum absolute atomic E-state index is 0.139. The smallest absolute Gasteiger partial charge is 0.253 e. The average Bonchev–Trinajstić information content (AvgIpc) is 2.95. The monoisotopic (exact) mass is 289 g/mol. The van der Waals surface area contributed by atoms with E-state index in [9.17, 15) is 9.18 Å². The molecule has 1 heterocycles. The Balaban J connectivity index is 2.09. The molecule has 0 spiro atoms. The number of H-pyrrole nitrogens is 1. The highest BCUT2D eigenvalue weighted by Gasteiger charge is 2.14. The number of benzene rings is 1. The van der Waals surface area contributed by atoms with Gasteiger partial charge in [0.05, 0.1) is 5.56 Å². The predicted molar refractivity (Wildman–Crippen MR) is 81.7 cm³/mol. The summed E-state index contributed by atoms with van der Waals surface area (Å²) in [7, 11) is 0. The van der Waals surface area contributed by atoms with Crippen LogP contribution in [0.2, 0.25) is 0 Å². The van der Waals surface area contributed by atoms with E-state index >= 15 is 0 Å². The number of amides is 1. The standard InChI is InChI=1S/C16H20FN3O/c1-3-19-11(2)8-20-16(21)15-10-18-9-14(15)12-4-6-13(17)7-5-12/h4-7,9-11,18-19H,3,8H2,1-2H3,(H,20,21)/t11-/m1/s1. The van der Waals surface area contributed by atoms with Gasteiger partial charge in [0.1, 0.15) is 5.82 Å². The number of carbonyl (C=O) groups is 1. The van der Waals surface area contributed by atoms with Crippen LogP contribution in [0.25, 0.3) is 11.1 Å². The van der Waals surface area contributed by atoms with Crippen LogP contribution in [0.15, 0.2) is 36.7 Å². The molecule has 1 atom stereocenters. The van der Waals surface area contributed by atoms with Crippen molar-refractivity contribution in [3.63, 3.8) is 0 Å². The molecule has 0 fully saturated rings. The van der Waals surface area contributed by atoms with Crippen LogP contribution in [-0.2, 0) is 0 Å². The number of hydrogen-bond donors (Lipinski definition) is 3. The average molecular weight is 289 g/mol. The molecule has 0 aliphatic carbocycles. The summed E-state index contributed by atoms with van der Waals surface area (Å²) >= 11 is 0. The van der Waals surface area contributed by atoms with Gasteiger partial charge < -0.3 is 15.6 Å². The van der Waals surface area contributed by atoms with E-state index in [1.807, 2.05) is 13.8 Å². The summed E-state index contributed by atoms with van der Waals surface area (Å²) in [5.74, 6) is -0.430. The van der Waals surface area contributed by atoms with Gasteiger partial charge >= 0.3 is 0 Å². The van der Waals surface area contributed by atoms with E-state index in [1.165, 1.54) is 12.1 Å². The number of likely N-dealkylation sites (N-methyl/N-ethyl adjacent to an activating group) is 1. The first-order valence-corrected chi connectivity index (χ1v) is 7.06. The Bertz CT molecular complexity index is 592. The summed E-state index contributed by atoms with van der Waals surface area (Å²) < 4.78 is 13.0. The molecule has 1 aromatic heterocycles. The first-order valence-electron chi connectivity index (χ1n) is 7.06. The lowest BCUT2D eigenvalue weighted by atomic mass is 10.0. The molecule has 2 aromatic rings. The van der Waals surface area contributed by atoms with Crippen LogP contribution in [0, 0.1) is 5.82 Å². The normalized spacial score (nSPS) is 12.1. The molecule has 0 bridgehead atoms. The number of hydrogen-bond acceptors (Lipinski definition) is 2. The van der Waals surface area contributed by atoms with Gasteiger partial charge in [0.25, 0.3) is 5.91 Å². The lowest BCUT2D eigenvalue weighted by molar-refractivity contribution is 0.0951. The van der Waals surface area contributed by atoms with E-state index in [0.29, 0.717) is 12.1 Å². The molecule has 112 valence electrons. The highest BCUT2D eigenvalue weighted by atomic mass is 19.1. The van der Waals surface area contributed by atoms with E-state index in [0.717, 1.165) is 17.7 Å². The van der Waals surface area contributed by atoms with E-state index in [-0.39, 0.29) is 17.8 Å². The SMILES string of the molecule is CCN[C@H](C)CNC(=O)c1c[nH]cc1-c1ccc(F)cc1. The Morgan fingerprint density at radius 1 is 1.29 bits per heavy atom. The number of rotatable bonds is 6. The molecule has 0 aliphatic heterocycles. The summed E-state index contributed by atoms with van der Waals surface area (Å²) in [6.07, 6.45) is 3.40. The lowest BCUT2D eigenvalue weighted by Gasteiger charge is -2.13. The molecule has 0 unspecified atom stereocenters. The van der Waals surface area contributed by atoms with Gasteiger partial charge in [-0.3, -0.25) is 4.79 Å². The van der Waals surface area contributed by atoms with E-state index in [2.05, 4.69) is 15.6 Å². The van der Waals surface area contributed by atoms with Gasteiger partial charge in [0.15, 0.2) is 0 Å². The van der Waals surface area contributed by atoms with Gasteiger partial charge in [-0.15, -0.1) is 0 Å². The molecule has 1 amide bonds. The molecule has 2 rings (SSSR count). The Morgan fingerprint density at radius 2 is 2.00 bits per heavy atom. The second-order valence-corrected chi connectivity index (χ2v) is 4.96. The molecule has 0 aliphatic rings. The van der Waals surface area contributed by atoms with Crippen LogP contribution in [0.5, 0.6) is 0 Å². The minimum atomic E-state index is -0.292. The number of aromatic amines is 1. The zero-order valence-electron chi connectivity index (χ0n) is 12.2. The van der Waals surface area contributed by atoms with Gasteiger partial charge in [-0.2, -0.15) is 0 Å². The Hall–Kier alpha value is -2.14. The quantitative estimate of drug-likeness (QED) is 0.765. The zero-order chi connectivity index (χ0) is 15.2. The summed E-state index contributed by atoms with van der Waals surface area (Å²) in [6, 6.07) is 6.31. The maximum atomic E-state index is 13.0. The number of aromatic nitrogens is 1. The molecule has 0 saturated carbocycles. The van der Waals surface area contributed by atoms with Crippen molar-refractivity contribution in [1.82, 2.24) is 15.6 Å². The molecule has 21 heavy (non-hydrogen) atoms. The lowest BCUT2D eigenvalue weighted by Crippen LogP contribution is -2.38. The third-order valence-corrected chi connectivity index (χ3v) is 3.27. The number of halogens is 1. The topological polar surface area (TPSA) is 56.9 Å². The predicted octanol–water partition coefficient (Wildman–Crippen LogP) is 2.55. The number of nitrogens with one attached hydrogen (secondary N) is 3. The van der Waals surface area contributed by atoms with Crippen LogP contribution in [0.1, 0.15) is 24.2 Å². The summed E-state index contributed by atoms with van der Waals surface area (Å²) in [5.41, 5.74) is 2.14. The van der Waals surface area contributed by atoms with Crippen molar-refractivity contribution in [1.29, 1.82) is 0 Å². The third kappa shape index (κ3) is 3.92. The summed E-state index contributed by atoms with van der Waals surface area (Å²) in [6.45, 7) is 5.46. The van der Waals surface area contributed by atoms with Crippen LogP contribution in [0.3, 0.4) is 0 Å². The van der Waals surface area contributed by atoms with E-state index in [4.69, 9.17) is 0 Å². The third-order valence-electron chi connectivity index (χ3n) is 3.27. The van der Waals surface area contributed by atoms with Gasteiger partial charge in [-0.1, -0.05) is 19.1 Å². The van der Waals surface area contributed by atoms with Crippen molar-refractivity contribution >= 4 is 5.91 Å². The zero-order valence-corrected chi connectivity index (χ0v) is 12.2. The van der Waals surface area contributed by atoms with Crippen LogP contribution < -0.4 is 10.6 Å². The first kappa shape index (κ1) is 15.3. The molecular formula is C16H20FN3O. The fourth-order valence-electron chi connectivity index (χ4n) is 2.18. The second kappa shape index (κ2) is 7.04. The molecule has 0 radical (unpaired) electrons. The van der Waals surface area contributed by atoms with Gasteiger partial charge in [-0.25, -0.2) is 4.39 Å². The molecule has 5 heteroatoms. The largest absolute Gasteiger partial charge is 0.366 e. The van der Waals surface area contributed by atoms with Crippen molar-refractivity contribution in [2.24, 2.45) is 0 Å². The molecule has 4 nitrogen and oxygen atoms in total. The maximum absolute atomic E-state index is 13.0. The highest BCUT2D eigenvalue weighted by molar-refractivity contribution is 6.00. The molecule has 0 saturated heterocycles. The fraction of sp³-hybridized carbons (Fsp3) is 0.312. The molecule has 3 N–H and O–H groups in total. The van der Waals surface area contributed by atoms with Crippen molar-refractivity contribution in [2.45, 2.75) is 19.9 Å². The Labute approximate surface area is 123 Å². The highest BCUT2D eigenvalue weighted by Crippen LogP contribution is 2.23. The van der Waals surface area contributed by atoms with Crippen molar-refractivity contribution in [2.75, 3.05) is 13.1 Å². The van der Waals surface area contributed by atoms with E-state index in [1.54, 1.807) is 24.5 Å². The molecule has 1 aromatic carbocycles. The van der Waals surface area contributed by atoms with Gasteiger partial charge in [0.2, 0.25) is 0 Å². The van der Waals surface area contributed by atoms with E-state index < -0.39 is 0 Å². The van der Waals surface area contributed by atoms with Crippen LogP contribution in [-0.4, -0.2) is 30.0 Å². The minimum Gasteiger partial charge on any atom is -0.366 e.